The lowest BCUT2D eigenvalue weighted by molar-refractivity contribution is 0.108. The molecule has 110 valence electrons. The molecule has 0 spiro atoms. The van der Waals surface area contributed by atoms with E-state index in [1.807, 2.05) is 12.1 Å². The Morgan fingerprint density at radius 1 is 1.45 bits per heavy atom. The minimum absolute atomic E-state index is 0.609. The number of thiazole rings is 1. The normalized spacial score (nSPS) is 11.3. The van der Waals surface area contributed by atoms with Crippen molar-refractivity contribution in [2.45, 2.75) is 26.8 Å². The Bertz CT molecular complexity index is 480. The minimum atomic E-state index is 0.609. The molecule has 0 atom stereocenters. The van der Waals surface area contributed by atoms with E-state index < -0.39 is 0 Å². The lowest BCUT2D eigenvalue weighted by atomic mass is 10.2. The molecule has 0 radical (unpaired) electrons. The first-order chi connectivity index (χ1) is 9.75. The quantitative estimate of drug-likeness (QED) is 0.718. The summed E-state index contributed by atoms with van der Waals surface area (Å²) in [5.41, 5.74) is 1.06. The molecular weight excluding hydrogens is 272 g/mol. The van der Waals surface area contributed by atoms with Crippen molar-refractivity contribution in [1.82, 2.24) is 10.3 Å². The molecule has 0 aliphatic rings. The van der Waals surface area contributed by atoms with E-state index in [9.17, 15) is 0 Å². The zero-order chi connectivity index (χ0) is 14.2. The summed E-state index contributed by atoms with van der Waals surface area (Å²) in [4.78, 5) is 4.54. The third kappa shape index (κ3) is 5.07. The van der Waals surface area contributed by atoms with E-state index in [2.05, 4.69) is 29.5 Å². The highest BCUT2D eigenvalue weighted by Gasteiger charge is 2.06. The molecule has 0 bridgehead atoms. The maximum Gasteiger partial charge on any atom is 0.162 e. The van der Waals surface area contributed by atoms with Gasteiger partial charge in [-0.25, -0.2) is 4.98 Å². The van der Waals surface area contributed by atoms with Crippen molar-refractivity contribution >= 4 is 11.3 Å². The van der Waals surface area contributed by atoms with Crippen LogP contribution in [0.2, 0.25) is 0 Å². The lowest BCUT2D eigenvalue weighted by Gasteiger charge is -2.06. The Morgan fingerprint density at radius 3 is 3.10 bits per heavy atom. The summed E-state index contributed by atoms with van der Waals surface area (Å²) < 4.78 is 10.9. The minimum Gasteiger partial charge on any atom is -0.462 e. The van der Waals surface area contributed by atoms with E-state index in [1.165, 1.54) is 0 Å². The van der Waals surface area contributed by atoms with Gasteiger partial charge in [-0.3, -0.25) is 0 Å². The molecule has 2 heterocycles. The SMILES string of the molecule is CC(C)COCCCNCc1csc(-c2ccco2)n1. The molecule has 0 aromatic carbocycles. The van der Waals surface area contributed by atoms with Crippen molar-refractivity contribution in [1.29, 1.82) is 0 Å². The van der Waals surface area contributed by atoms with Gasteiger partial charge in [-0.2, -0.15) is 0 Å². The fourth-order valence-corrected chi connectivity index (χ4v) is 2.52. The summed E-state index contributed by atoms with van der Waals surface area (Å²) in [5.74, 6) is 1.45. The zero-order valence-electron chi connectivity index (χ0n) is 12.1. The van der Waals surface area contributed by atoms with Gasteiger partial charge in [-0.15, -0.1) is 11.3 Å². The maximum absolute atomic E-state index is 5.53. The molecule has 2 aromatic rings. The molecule has 0 amide bonds. The Labute approximate surface area is 124 Å². The second-order valence-corrected chi connectivity index (χ2v) is 5.98. The monoisotopic (exact) mass is 294 g/mol. The van der Waals surface area contributed by atoms with Crippen LogP contribution in [0.1, 0.15) is 26.0 Å². The van der Waals surface area contributed by atoms with Gasteiger partial charge >= 0.3 is 0 Å². The number of furan rings is 1. The van der Waals surface area contributed by atoms with Crippen LogP contribution in [0.5, 0.6) is 0 Å². The van der Waals surface area contributed by atoms with Crippen LogP contribution in [-0.2, 0) is 11.3 Å². The first kappa shape index (κ1) is 15.2. The van der Waals surface area contributed by atoms with Crippen LogP contribution < -0.4 is 5.32 Å². The molecule has 0 saturated heterocycles. The second-order valence-electron chi connectivity index (χ2n) is 5.12. The maximum atomic E-state index is 5.53. The van der Waals surface area contributed by atoms with Gasteiger partial charge in [-0.05, 0) is 31.0 Å². The number of aromatic nitrogens is 1. The smallest absolute Gasteiger partial charge is 0.162 e. The molecule has 0 unspecified atom stereocenters. The number of ether oxygens (including phenoxy) is 1. The molecule has 0 aliphatic heterocycles. The third-order valence-corrected chi connectivity index (χ3v) is 3.59. The van der Waals surface area contributed by atoms with Crippen LogP contribution in [0.4, 0.5) is 0 Å². The van der Waals surface area contributed by atoms with Gasteiger partial charge in [0.2, 0.25) is 0 Å². The molecule has 0 fully saturated rings. The molecule has 20 heavy (non-hydrogen) atoms. The van der Waals surface area contributed by atoms with E-state index in [0.29, 0.717) is 5.92 Å². The molecule has 1 N–H and O–H groups in total. The van der Waals surface area contributed by atoms with Gasteiger partial charge in [-0.1, -0.05) is 13.8 Å². The van der Waals surface area contributed by atoms with E-state index in [4.69, 9.17) is 9.15 Å². The molecule has 2 rings (SSSR count). The lowest BCUT2D eigenvalue weighted by Crippen LogP contribution is -2.17. The van der Waals surface area contributed by atoms with Gasteiger partial charge in [0.25, 0.3) is 0 Å². The molecule has 0 aliphatic carbocycles. The average Bonchev–Trinajstić information content (AvgIpc) is 3.08. The predicted octanol–water partition coefficient (Wildman–Crippen LogP) is 3.56. The summed E-state index contributed by atoms with van der Waals surface area (Å²) in [5, 5.41) is 6.39. The van der Waals surface area contributed by atoms with Crippen molar-refractivity contribution in [2.75, 3.05) is 19.8 Å². The zero-order valence-corrected chi connectivity index (χ0v) is 12.9. The molecule has 2 aromatic heterocycles. The van der Waals surface area contributed by atoms with E-state index in [0.717, 1.165) is 49.2 Å². The van der Waals surface area contributed by atoms with Crippen LogP contribution >= 0.6 is 11.3 Å². The Morgan fingerprint density at radius 2 is 2.35 bits per heavy atom. The average molecular weight is 294 g/mol. The summed E-state index contributed by atoms with van der Waals surface area (Å²) in [6, 6.07) is 3.81. The van der Waals surface area contributed by atoms with E-state index in [1.54, 1.807) is 17.6 Å². The highest BCUT2D eigenvalue weighted by molar-refractivity contribution is 7.13. The topological polar surface area (TPSA) is 47.3 Å². The highest BCUT2D eigenvalue weighted by Crippen LogP contribution is 2.23. The molecule has 4 nitrogen and oxygen atoms in total. The predicted molar refractivity (Wildman–Crippen MR) is 81.8 cm³/mol. The van der Waals surface area contributed by atoms with E-state index in [-0.39, 0.29) is 0 Å². The number of rotatable bonds is 9. The van der Waals surface area contributed by atoms with Gasteiger partial charge in [0.15, 0.2) is 10.8 Å². The van der Waals surface area contributed by atoms with Gasteiger partial charge in [0.1, 0.15) is 0 Å². The summed E-state index contributed by atoms with van der Waals surface area (Å²) in [6.45, 7) is 7.74. The van der Waals surface area contributed by atoms with Crippen LogP contribution in [0.25, 0.3) is 10.8 Å². The standard InChI is InChI=1S/C15H22N2O2S/c1-12(2)10-18-7-4-6-16-9-13-11-20-15(17-13)14-5-3-8-19-14/h3,5,8,11-12,16H,4,6-7,9-10H2,1-2H3. The molecule has 0 saturated carbocycles. The Hall–Kier alpha value is -1.17. The largest absolute Gasteiger partial charge is 0.462 e. The summed E-state index contributed by atoms with van der Waals surface area (Å²) in [6.07, 6.45) is 2.70. The first-order valence-corrected chi connectivity index (χ1v) is 7.90. The van der Waals surface area contributed by atoms with Gasteiger partial charge in [0, 0.05) is 25.1 Å². The number of nitrogens with one attached hydrogen (secondary N) is 1. The van der Waals surface area contributed by atoms with Crippen molar-refractivity contribution in [3.8, 4) is 10.8 Å². The van der Waals surface area contributed by atoms with Gasteiger partial charge < -0.3 is 14.5 Å². The van der Waals surface area contributed by atoms with Crippen molar-refractivity contribution in [2.24, 2.45) is 5.92 Å². The highest BCUT2D eigenvalue weighted by atomic mass is 32.1. The van der Waals surface area contributed by atoms with Crippen molar-refractivity contribution < 1.29 is 9.15 Å². The van der Waals surface area contributed by atoms with Crippen molar-refractivity contribution in [3.05, 3.63) is 29.5 Å². The number of hydrogen-bond acceptors (Lipinski definition) is 5. The number of nitrogens with zero attached hydrogens (tertiary/aromatic N) is 1. The van der Waals surface area contributed by atoms with E-state index >= 15 is 0 Å². The molecular formula is C15H22N2O2S. The Kier molecular flexibility index (Phi) is 6.24. The van der Waals surface area contributed by atoms with Crippen LogP contribution in [-0.4, -0.2) is 24.7 Å². The Balaban J connectivity index is 1.60. The first-order valence-electron chi connectivity index (χ1n) is 7.02. The second kappa shape index (κ2) is 8.19. The third-order valence-electron chi connectivity index (χ3n) is 2.68. The molecule has 5 heteroatoms. The summed E-state index contributed by atoms with van der Waals surface area (Å²) >= 11 is 1.61. The van der Waals surface area contributed by atoms with Crippen LogP contribution in [0.3, 0.4) is 0 Å². The fourth-order valence-electron chi connectivity index (χ4n) is 1.74. The van der Waals surface area contributed by atoms with Crippen LogP contribution in [0, 0.1) is 5.92 Å². The van der Waals surface area contributed by atoms with Gasteiger partial charge in [0.05, 0.1) is 12.0 Å². The van der Waals surface area contributed by atoms with Crippen LogP contribution in [0.15, 0.2) is 28.2 Å². The summed E-state index contributed by atoms with van der Waals surface area (Å²) in [7, 11) is 0. The number of hydrogen-bond donors (Lipinski definition) is 1. The van der Waals surface area contributed by atoms with Crippen molar-refractivity contribution in [3.63, 3.8) is 0 Å². The fraction of sp³-hybridized carbons (Fsp3) is 0.533.